The van der Waals surface area contributed by atoms with Crippen molar-refractivity contribution >= 4 is 55.2 Å². The summed E-state index contributed by atoms with van der Waals surface area (Å²) in [5, 5.41) is 3.54. The van der Waals surface area contributed by atoms with E-state index in [4.69, 9.17) is 8.85 Å². The third kappa shape index (κ3) is 9.86. The summed E-state index contributed by atoms with van der Waals surface area (Å²) in [6.45, 7) is 34.8. The first kappa shape index (κ1) is 54.0. The fraction of sp³-hybridized carbons (Fsp3) is 0.661. The lowest BCUT2D eigenvalue weighted by Gasteiger charge is -2.66. The van der Waals surface area contributed by atoms with Gasteiger partial charge in [-0.05, 0) is 118 Å². The Balaban J connectivity index is 2.41. The van der Waals surface area contributed by atoms with E-state index < -0.39 is 36.2 Å². The van der Waals surface area contributed by atoms with Gasteiger partial charge < -0.3 is 13.3 Å². The van der Waals surface area contributed by atoms with Crippen molar-refractivity contribution in [1.29, 1.82) is 0 Å². The van der Waals surface area contributed by atoms with Crippen molar-refractivity contribution in [2.75, 3.05) is 0 Å². The molecule has 7 heteroatoms. The summed E-state index contributed by atoms with van der Waals surface area (Å²) in [7, 11) is -4.82. The number of hydrogen-bond donors (Lipinski definition) is 0. The number of rotatable bonds is 17. The van der Waals surface area contributed by atoms with Crippen LogP contribution in [0.3, 0.4) is 0 Å². The molecule has 1 heterocycles. The van der Waals surface area contributed by atoms with Crippen LogP contribution in [-0.2, 0) is 13.3 Å². The zero-order chi connectivity index (χ0) is 46.7. The molecule has 3 aromatic rings. The van der Waals surface area contributed by atoms with E-state index in [1.54, 1.807) is 0 Å². The Morgan fingerprint density at radius 2 is 1.03 bits per heavy atom. The second-order valence-electron chi connectivity index (χ2n) is 21.0. The van der Waals surface area contributed by atoms with E-state index >= 15 is 0 Å². The Hall–Kier alpha value is -1.64. The van der Waals surface area contributed by atoms with Crippen LogP contribution in [0.15, 0.2) is 91.0 Å². The first-order chi connectivity index (χ1) is 29.9. The summed E-state index contributed by atoms with van der Waals surface area (Å²) in [6, 6.07) is 34.9. The van der Waals surface area contributed by atoms with Crippen LogP contribution >= 0.6 is 8.86 Å². The van der Waals surface area contributed by atoms with Gasteiger partial charge in [-0.15, -0.1) is 8.86 Å². The molecule has 0 bridgehead atoms. The standard InChI is InChI=1S/C56H93O3PSi3/c1-15-23-43-51(9)44-33-34-45-52(10,18-4)61(12,13)58-53(11,19-5)56(41-16-2,42-17-3)63(49-37-29-25-30-38-49,50-39-31-26-32-40-50)59-54(20-6,21-7)55(22-8,46-47-60)62(14,57-51)48-35-27-24-28-36-48/h24-32,35-40,47,60H,15-23,33-34,41-46H2,1-14H3. The molecule has 3 aromatic carbocycles. The second kappa shape index (κ2) is 22.4. The zero-order valence-electron chi connectivity index (χ0n) is 43.0. The Labute approximate surface area is 394 Å². The Morgan fingerprint density at radius 3 is 1.44 bits per heavy atom. The monoisotopic (exact) mass is 929 g/mol. The summed E-state index contributed by atoms with van der Waals surface area (Å²) in [5.41, 5.74) is -1.33. The van der Waals surface area contributed by atoms with E-state index in [0.29, 0.717) is 0 Å². The zero-order valence-corrected chi connectivity index (χ0v) is 47.0. The molecule has 0 amide bonds. The van der Waals surface area contributed by atoms with Crippen LogP contribution in [-0.4, -0.2) is 47.6 Å². The van der Waals surface area contributed by atoms with Crippen molar-refractivity contribution in [3.05, 3.63) is 91.0 Å². The van der Waals surface area contributed by atoms with Crippen LogP contribution in [0.4, 0.5) is 0 Å². The Bertz CT molecular complexity index is 1780. The fourth-order valence-corrected chi connectivity index (χ4v) is 29.2. The number of unbranched alkanes of at least 4 members (excludes halogenated alkanes) is 1. The SMILES string of the molecule is CCCCC1(C)CCCCC(C)(CC)[Si](C)(C)OC(C)(CC)C(CCC)(CCC)[Si](c2ccccc2)(c2ccccc2)OC(CC)(CC)C(CC)(CC=P)[Si](C)(c2ccccc2)O1. The molecule has 1 aliphatic rings. The van der Waals surface area contributed by atoms with Gasteiger partial charge in [-0.1, -0.05) is 204 Å². The highest BCUT2D eigenvalue weighted by Crippen LogP contribution is 2.66. The highest BCUT2D eigenvalue weighted by Gasteiger charge is 2.72. The predicted octanol–water partition coefficient (Wildman–Crippen LogP) is 15.7. The van der Waals surface area contributed by atoms with E-state index in [-0.39, 0.29) is 20.7 Å². The predicted molar refractivity (Wildman–Crippen MR) is 288 cm³/mol. The van der Waals surface area contributed by atoms with Crippen molar-refractivity contribution in [3.63, 3.8) is 0 Å². The molecule has 352 valence electrons. The molecule has 5 unspecified atom stereocenters. The maximum Gasteiger partial charge on any atom is 0.265 e. The quantitative estimate of drug-likeness (QED) is 0.0997. The van der Waals surface area contributed by atoms with Crippen molar-refractivity contribution in [2.45, 2.75) is 237 Å². The molecule has 0 spiro atoms. The molecule has 0 aliphatic carbocycles. The minimum atomic E-state index is -3.46. The van der Waals surface area contributed by atoms with Crippen LogP contribution in [0.5, 0.6) is 0 Å². The van der Waals surface area contributed by atoms with Gasteiger partial charge >= 0.3 is 0 Å². The molecule has 1 fully saturated rings. The third-order valence-corrected chi connectivity index (χ3v) is 32.9. The van der Waals surface area contributed by atoms with Crippen molar-refractivity contribution in [2.24, 2.45) is 0 Å². The van der Waals surface area contributed by atoms with Gasteiger partial charge in [0.25, 0.3) is 8.32 Å². The lowest BCUT2D eigenvalue weighted by molar-refractivity contribution is -0.0466. The lowest BCUT2D eigenvalue weighted by Crippen LogP contribution is -2.79. The molecule has 3 nitrogen and oxygen atoms in total. The highest BCUT2D eigenvalue weighted by atomic mass is 31.0. The largest absolute Gasteiger partial charge is 0.411 e. The Morgan fingerprint density at radius 1 is 0.540 bits per heavy atom. The lowest BCUT2D eigenvalue weighted by atomic mass is 9.78. The van der Waals surface area contributed by atoms with E-state index in [1.807, 2.05) is 0 Å². The number of hydrogen-bond acceptors (Lipinski definition) is 3. The van der Waals surface area contributed by atoms with E-state index in [2.05, 4.69) is 201 Å². The molecule has 0 radical (unpaired) electrons. The average molecular weight is 930 g/mol. The molecular formula is C56H93O3PSi3. The summed E-state index contributed by atoms with van der Waals surface area (Å²) in [5.74, 6) is 2.30. The first-order valence-corrected chi connectivity index (χ1v) is 33.5. The highest BCUT2D eigenvalue weighted by molar-refractivity contribution is 7.18. The minimum absolute atomic E-state index is 0.0999. The van der Waals surface area contributed by atoms with E-state index in [1.165, 1.54) is 28.4 Å². The maximum absolute atomic E-state index is 9.28. The third-order valence-electron chi connectivity index (χ3n) is 17.6. The van der Waals surface area contributed by atoms with Gasteiger partial charge in [-0.3, -0.25) is 0 Å². The van der Waals surface area contributed by atoms with Crippen molar-refractivity contribution < 1.29 is 13.3 Å². The molecular weight excluding hydrogens is 836 g/mol. The summed E-state index contributed by atoms with van der Waals surface area (Å²) in [4.78, 5) is 0. The van der Waals surface area contributed by atoms with Crippen molar-refractivity contribution in [3.8, 4) is 0 Å². The van der Waals surface area contributed by atoms with E-state index in [9.17, 15) is 4.43 Å². The topological polar surface area (TPSA) is 27.7 Å². The second-order valence-corrected chi connectivity index (χ2v) is 33.3. The molecule has 0 N–H and O–H groups in total. The smallest absolute Gasteiger partial charge is 0.265 e. The molecule has 0 saturated carbocycles. The van der Waals surface area contributed by atoms with Crippen LogP contribution in [0.2, 0.25) is 34.8 Å². The summed E-state index contributed by atoms with van der Waals surface area (Å²) < 4.78 is 26.2. The van der Waals surface area contributed by atoms with Gasteiger partial charge in [0.15, 0.2) is 8.32 Å². The van der Waals surface area contributed by atoms with Gasteiger partial charge in [0, 0.05) is 10.1 Å². The molecule has 1 aliphatic heterocycles. The number of benzene rings is 3. The van der Waals surface area contributed by atoms with Crippen LogP contribution in [0, 0.1) is 0 Å². The van der Waals surface area contributed by atoms with Gasteiger partial charge in [0.05, 0.1) is 16.8 Å². The maximum atomic E-state index is 9.28. The average Bonchev–Trinajstić information content (AvgIpc) is 3.29. The van der Waals surface area contributed by atoms with Gasteiger partial charge in [0.2, 0.25) is 8.32 Å². The summed E-state index contributed by atoms with van der Waals surface area (Å²) >= 11 is 0. The molecule has 0 aromatic heterocycles. The molecule has 5 atom stereocenters. The molecule has 1 saturated heterocycles. The van der Waals surface area contributed by atoms with Crippen molar-refractivity contribution in [1.82, 2.24) is 0 Å². The molecule has 63 heavy (non-hydrogen) atoms. The normalized spacial score (nSPS) is 30.1. The first-order valence-electron chi connectivity index (χ1n) is 25.7. The van der Waals surface area contributed by atoms with E-state index in [0.717, 1.165) is 96.3 Å². The molecule has 4 rings (SSSR count). The van der Waals surface area contributed by atoms with Crippen LogP contribution in [0.1, 0.15) is 185 Å². The Kier molecular flexibility index (Phi) is 19.2. The fourth-order valence-electron chi connectivity index (χ4n) is 13.3. The van der Waals surface area contributed by atoms with Crippen LogP contribution < -0.4 is 15.6 Å². The van der Waals surface area contributed by atoms with Crippen LogP contribution in [0.25, 0.3) is 0 Å². The minimum Gasteiger partial charge on any atom is -0.411 e. The summed E-state index contributed by atoms with van der Waals surface area (Å²) in [6.07, 6.45) is 17.7. The van der Waals surface area contributed by atoms with Gasteiger partial charge in [-0.25, -0.2) is 0 Å². The van der Waals surface area contributed by atoms with Gasteiger partial charge in [-0.2, -0.15) is 0 Å². The van der Waals surface area contributed by atoms with Gasteiger partial charge in [0.1, 0.15) is 0 Å².